The van der Waals surface area contributed by atoms with Gasteiger partial charge in [-0.1, -0.05) is 78.3 Å². The number of nitrogens with one attached hydrogen (secondary N) is 1. The minimum absolute atomic E-state index is 0.0403. The van der Waals surface area contributed by atoms with Crippen molar-refractivity contribution in [1.29, 1.82) is 0 Å². The highest BCUT2D eigenvalue weighted by Gasteiger charge is 2.56. The molecule has 2 aliphatic heterocycles. The monoisotopic (exact) mass is 483 g/mol. The molecule has 1 N–H and O–H groups in total. The molecule has 176 valence electrons. The van der Waals surface area contributed by atoms with Crippen LogP contribution in [0, 0.1) is 0 Å². The number of rotatable bonds is 4. The zero-order valence-electron chi connectivity index (χ0n) is 19.5. The Morgan fingerprint density at radius 2 is 1.69 bits per heavy atom. The molecule has 1 fully saturated rings. The molecule has 1 unspecified atom stereocenters. The summed E-state index contributed by atoms with van der Waals surface area (Å²) in [4.78, 5) is 34.7. The number of hydrogen-bond donors (Lipinski definition) is 1. The average molecular weight is 484 g/mol. The second kappa shape index (κ2) is 8.28. The Kier molecular flexibility index (Phi) is 5.19. The summed E-state index contributed by atoms with van der Waals surface area (Å²) in [6.07, 6.45) is 0.706. The first-order chi connectivity index (χ1) is 17.0. The number of benzene rings is 3. The summed E-state index contributed by atoms with van der Waals surface area (Å²) in [6, 6.07) is 25.9. The molecule has 0 bridgehead atoms. The number of fused-ring (bicyclic) bond motifs is 5. The van der Waals surface area contributed by atoms with Gasteiger partial charge in [-0.2, -0.15) is 0 Å². The molecule has 0 aliphatic carbocycles. The number of piperazine rings is 1. The van der Waals surface area contributed by atoms with Crippen LogP contribution in [-0.2, 0) is 21.5 Å². The molecular formula is C29H26ClN3O2. The summed E-state index contributed by atoms with van der Waals surface area (Å²) in [5.41, 5.74) is 3.82. The van der Waals surface area contributed by atoms with E-state index >= 15 is 0 Å². The van der Waals surface area contributed by atoms with Crippen molar-refractivity contribution in [3.8, 4) is 0 Å². The largest absolute Gasteiger partial charge is 0.356 e. The van der Waals surface area contributed by atoms with Crippen LogP contribution in [0.5, 0.6) is 0 Å². The number of H-pyrrole nitrogens is 1. The third-order valence-electron chi connectivity index (χ3n) is 7.61. The highest BCUT2D eigenvalue weighted by Crippen LogP contribution is 2.49. The second-order valence-electron chi connectivity index (χ2n) is 9.57. The number of amides is 2. The summed E-state index contributed by atoms with van der Waals surface area (Å²) in [5, 5.41) is 1.73. The number of aromatic amines is 1. The van der Waals surface area contributed by atoms with Crippen LogP contribution in [0.2, 0.25) is 5.02 Å². The number of nitrogens with zero attached hydrogens (tertiary/aromatic N) is 2. The van der Waals surface area contributed by atoms with Crippen LogP contribution in [-0.4, -0.2) is 46.2 Å². The maximum atomic E-state index is 14.1. The van der Waals surface area contributed by atoms with Crippen LogP contribution in [0.25, 0.3) is 10.9 Å². The molecule has 0 radical (unpaired) electrons. The third-order valence-corrected chi connectivity index (χ3v) is 7.96. The van der Waals surface area contributed by atoms with Crippen LogP contribution in [0.3, 0.4) is 0 Å². The van der Waals surface area contributed by atoms with E-state index in [4.69, 9.17) is 11.6 Å². The number of carbonyl (C=O) groups excluding carboxylic acids is 2. The molecule has 2 atom stereocenters. The maximum absolute atomic E-state index is 14.1. The van der Waals surface area contributed by atoms with Crippen molar-refractivity contribution in [2.24, 2.45) is 0 Å². The van der Waals surface area contributed by atoms with Gasteiger partial charge in [0.25, 0.3) is 5.91 Å². The molecule has 1 saturated heterocycles. The van der Waals surface area contributed by atoms with E-state index in [9.17, 15) is 9.59 Å². The normalized spacial score (nSPS) is 21.8. The Bertz CT molecular complexity index is 1450. The molecule has 3 aromatic carbocycles. The van der Waals surface area contributed by atoms with Crippen molar-refractivity contribution in [3.05, 3.63) is 106 Å². The molecule has 6 rings (SSSR count). The second-order valence-corrected chi connectivity index (χ2v) is 9.98. The van der Waals surface area contributed by atoms with Crippen molar-refractivity contribution in [2.75, 3.05) is 19.6 Å². The van der Waals surface area contributed by atoms with Gasteiger partial charge in [-0.25, -0.2) is 0 Å². The molecule has 2 aliphatic rings. The average Bonchev–Trinajstić information content (AvgIpc) is 3.28. The molecule has 0 spiro atoms. The minimum atomic E-state index is -1.10. The van der Waals surface area contributed by atoms with Crippen LogP contribution in [0.15, 0.2) is 78.9 Å². The lowest BCUT2D eigenvalue weighted by atomic mass is 9.76. The predicted octanol–water partition coefficient (Wildman–Crippen LogP) is 5.10. The molecule has 6 heteroatoms. The standard InChI is InChI=1S/C29H26ClN3O2/c1-29-27-26(21-12-6-8-14-24(21)31-27)22(20-11-5-7-13-23(20)30)17-33(29)25(34)18-32(28(29)35)16-15-19-9-3-2-4-10-19/h2-14,22,31H,15-18H2,1H3/t22?,29-/m0/s1. The Labute approximate surface area is 209 Å². The Morgan fingerprint density at radius 3 is 2.49 bits per heavy atom. The molecule has 4 aromatic rings. The first-order valence-corrected chi connectivity index (χ1v) is 12.4. The summed E-state index contributed by atoms with van der Waals surface area (Å²) < 4.78 is 0. The SMILES string of the molecule is C[C@]12C(=O)N(CCc3ccccc3)CC(=O)N1CC(c1ccccc1Cl)c1c2[nH]c2ccccc12. The molecule has 1 aromatic heterocycles. The number of halogens is 1. The molecule has 35 heavy (non-hydrogen) atoms. The number of aromatic nitrogens is 1. The van der Waals surface area contributed by atoms with E-state index in [0.29, 0.717) is 24.5 Å². The summed E-state index contributed by atoms with van der Waals surface area (Å²) >= 11 is 6.65. The topological polar surface area (TPSA) is 56.4 Å². The Hall–Kier alpha value is -3.57. The number of hydrogen-bond acceptors (Lipinski definition) is 2. The van der Waals surface area contributed by atoms with Crippen molar-refractivity contribution >= 4 is 34.3 Å². The predicted molar refractivity (Wildman–Crippen MR) is 137 cm³/mol. The fourth-order valence-corrected chi connectivity index (χ4v) is 6.07. The summed E-state index contributed by atoms with van der Waals surface area (Å²) in [6.45, 7) is 2.89. The van der Waals surface area contributed by atoms with Crippen LogP contribution < -0.4 is 0 Å². The quantitative estimate of drug-likeness (QED) is 0.439. The highest BCUT2D eigenvalue weighted by atomic mass is 35.5. The van der Waals surface area contributed by atoms with Crippen LogP contribution >= 0.6 is 11.6 Å². The van der Waals surface area contributed by atoms with Gasteiger partial charge in [0.1, 0.15) is 0 Å². The van der Waals surface area contributed by atoms with Crippen molar-refractivity contribution < 1.29 is 9.59 Å². The lowest BCUT2D eigenvalue weighted by Gasteiger charge is -2.51. The molecule has 5 nitrogen and oxygen atoms in total. The fraction of sp³-hybridized carbons (Fsp3) is 0.241. The fourth-order valence-electron chi connectivity index (χ4n) is 5.80. The Morgan fingerprint density at radius 1 is 0.971 bits per heavy atom. The molecule has 2 amide bonds. The smallest absolute Gasteiger partial charge is 0.254 e. The van der Waals surface area contributed by atoms with Gasteiger partial charge < -0.3 is 14.8 Å². The van der Waals surface area contributed by atoms with Gasteiger partial charge in [0, 0.05) is 34.9 Å². The van der Waals surface area contributed by atoms with E-state index in [2.05, 4.69) is 23.2 Å². The first kappa shape index (κ1) is 21.9. The van der Waals surface area contributed by atoms with Gasteiger partial charge in [-0.3, -0.25) is 9.59 Å². The third kappa shape index (κ3) is 3.37. The van der Waals surface area contributed by atoms with E-state index in [1.165, 1.54) is 0 Å². The van der Waals surface area contributed by atoms with Gasteiger partial charge in [-0.15, -0.1) is 0 Å². The molecular weight excluding hydrogens is 458 g/mol. The zero-order chi connectivity index (χ0) is 24.2. The van der Waals surface area contributed by atoms with E-state index in [0.717, 1.165) is 33.3 Å². The lowest BCUT2D eigenvalue weighted by molar-refractivity contribution is -0.166. The van der Waals surface area contributed by atoms with E-state index in [1.807, 2.05) is 67.6 Å². The molecule has 0 saturated carbocycles. The van der Waals surface area contributed by atoms with Crippen LogP contribution in [0.4, 0.5) is 0 Å². The maximum Gasteiger partial charge on any atom is 0.254 e. The van der Waals surface area contributed by atoms with E-state index in [-0.39, 0.29) is 24.3 Å². The van der Waals surface area contributed by atoms with Gasteiger partial charge in [-0.05, 0) is 42.2 Å². The highest BCUT2D eigenvalue weighted by molar-refractivity contribution is 6.31. The molecule has 3 heterocycles. The van der Waals surface area contributed by atoms with Crippen molar-refractivity contribution in [1.82, 2.24) is 14.8 Å². The van der Waals surface area contributed by atoms with Gasteiger partial charge in [0.15, 0.2) is 5.54 Å². The van der Waals surface area contributed by atoms with E-state index < -0.39 is 5.54 Å². The number of carbonyl (C=O) groups is 2. The van der Waals surface area contributed by atoms with Crippen molar-refractivity contribution in [3.63, 3.8) is 0 Å². The van der Waals surface area contributed by atoms with E-state index in [1.54, 1.807) is 9.80 Å². The van der Waals surface area contributed by atoms with Gasteiger partial charge in [0.05, 0.1) is 12.2 Å². The lowest BCUT2D eigenvalue weighted by Crippen LogP contribution is -2.67. The zero-order valence-corrected chi connectivity index (χ0v) is 20.3. The van der Waals surface area contributed by atoms with Gasteiger partial charge >= 0.3 is 0 Å². The Balaban J connectivity index is 1.47. The minimum Gasteiger partial charge on any atom is -0.356 e. The summed E-state index contributed by atoms with van der Waals surface area (Å²) in [5.74, 6) is -0.212. The van der Waals surface area contributed by atoms with Gasteiger partial charge in [0.2, 0.25) is 5.91 Å². The van der Waals surface area contributed by atoms with Crippen molar-refractivity contribution in [2.45, 2.75) is 24.8 Å². The number of para-hydroxylation sites is 1. The first-order valence-electron chi connectivity index (χ1n) is 12.0. The van der Waals surface area contributed by atoms with Crippen LogP contribution in [0.1, 0.15) is 35.2 Å². The summed E-state index contributed by atoms with van der Waals surface area (Å²) in [7, 11) is 0.